The fourth-order valence-corrected chi connectivity index (χ4v) is 2.81. The molecule has 0 unspecified atom stereocenters. The molecule has 3 rings (SSSR count). The van der Waals surface area contributed by atoms with Crippen molar-refractivity contribution in [3.05, 3.63) is 41.4 Å². The van der Waals surface area contributed by atoms with Crippen molar-refractivity contribution >= 4 is 5.91 Å². The highest BCUT2D eigenvalue weighted by Gasteiger charge is 2.27. The number of hydrogen-bond donors (Lipinski definition) is 1. The smallest absolute Gasteiger partial charge is 0.257 e. The molecule has 2 atom stereocenters. The number of aryl methyl sites for hydroxylation is 1. The van der Waals surface area contributed by atoms with Crippen molar-refractivity contribution in [2.75, 3.05) is 6.61 Å². The van der Waals surface area contributed by atoms with Crippen LogP contribution in [0.25, 0.3) is 11.3 Å². The quantitative estimate of drug-likeness (QED) is 0.941. The number of rotatable bonds is 4. The summed E-state index contributed by atoms with van der Waals surface area (Å²) in [6.45, 7) is 4.35. The van der Waals surface area contributed by atoms with Gasteiger partial charge in [-0.1, -0.05) is 5.16 Å². The molecule has 0 radical (unpaired) electrons. The Morgan fingerprint density at radius 2 is 2.13 bits per heavy atom. The van der Waals surface area contributed by atoms with Crippen LogP contribution >= 0.6 is 0 Å². The van der Waals surface area contributed by atoms with Crippen LogP contribution in [0.2, 0.25) is 0 Å². The second-order valence-electron chi connectivity index (χ2n) is 5.78. The SMILES string of the molecule is Cc1onc(-c2ccc(F)cc2)c1C(=O)N[C@@H](C)[C@@H]1CCCO1. The molecule has 1 saturated heterocycles. The van der Waals surface area contributed by atoms with Crippen molar-refractivity contribution in [3.8, 4) is 11.3 Å². The van der Waals surface area contributed by atoms with Crippen molar-refractivity contribution in [2.45, 2.75) is 38.8 Å². The lowest BCUT2D eigenvalue weighted by molar-refractivity contribution is 0.0712. The van der Waals surface area contributed by atoms with Gasteiger partial charge in [0.15, 0.2) is 0 Å². The first kappa shape index (κ1) is 15.7. The maximum absolute atomic E-state index is 13.1. The molecule has 0 aliphatic carbocycles. The Kier molecular flexibility index (Phi) is 4.43. The van der Waals surface area contributed by atoms with Gasteiger partial charge in [-0.15, -0.1) is 0 Å². The molecule has 6 heteroatoms. The Morgan fingerprint density at radius 1 is 1.39 bits per heavy atom. The molecule has 5 nitrogen and oxygen atoms in total. The molecule has 0 spiro atoms. The number of benzene rings is 1. The van der Waals surface area contributed by atoms with Crippen LogP contribution in [-0.4, -0.2) is 29.8 Å². The van der Waals surface area contributed by atoms with Crippen LogP contribution in [0.3, 0.4) is 0 Å². The van der Waals surface area contributed by atoms with E-state index in [9.17, 15) is 9.18 Å². The zero-order valence-corrected chi connectivity index (χ0v) is 13.1. The first-order valence-corrected chi connectivity index (χ1v) is 7.71. The van der Waals surface area contributed by atoms with Crippen LogP contribution in [0.15, 0.2) is 28.8 Å². The summed E-state index contributed by atoms with van der Waals surface area (Å²) < 4.78 is 23.8. The Morgan fingerprint density at radius 3 is 2.78 bits per heavy atom. The van der Waals surface area contributed by atoms with Gasteiger partial charge in [0.05, 0.1) is 12.1 Å². The highest BCUT2D eigenvalue weighted by molar-refractivity contribution is 6.00. The van der Waals surface area contributed by atoms with E-state index in [-0.39, 0.29) is 23.9 Å². The van der Waals surface area contributed by atoms with Gasteiger partial charge < -0.3 is 14.6 Å². The van der Waals surface area contributed by atoms with Crippen molar-refractivity contribution in [3.63, 3.8) is 0 Å². The average Bonchev–Trinajstić information content (AvgIpc) is 3.17. The van der Waals surface area contributed by atoms with E-state index in [1.165, 1.54) is 12.1 Å². The van der Waals surface area contributed by atoms with Crippen LogP contribution in [0.4, 0.5) is 4.39 Å². The van der Waals surface area contributed by atoms with Crippen LogP contribution in [-0.2, 0) is 4.74 Å². The van der Waals surface area contributed by atoms with Gasteiger partial charge in [0.2, 0.25) is 0 Å². The minimum absolute atomic E-state index is 0.0355. The van der Waals surface area contributed by atoms with Gasteiger partial charge in [-0.3, -0.25) is 4.79 Å². The molecule has 1 aliphatic heterocycles. The predicted molar refractivity (Wildman–Crippen MR) is 82.5 cm³/mol. The number of aromatic nitrogens is 1. The van der Waals surface area contributed by atoms with Gasteiger partial charge in [0.25, 0.3) is 5.91 Å². The number of halogens is 1. The molecule has 1 aromatic carbocycles. The highest BCUT2D eigenvalue weighted by Crippen LogP contribution is 2.26. The lowest BCUT2D eigenvalue weighted by Gasteiger charge is -2.19. The van der Waals surface area contributed by atoms with Gasteiger partial charge in [0.1, 0.15) is 22.8 Å². The van der Waals surface area contributed by atoms with E-state index in [4.69, 9.17) is 9.26 Å². The van der Waals surface area contributed by atoms with Crippen LogP contribution in [0, 0.1) is 12.7 Å². The highest BCUT2D eigenvalue weighted by atomic mass is 19.1. The summed E-state index contributed by atoms with van der Waals surface area (Å²) in [4.78, 5) is 12.6. The number of amides is 1. The van der Waals surface area contributed by atoms with Crippen molar-refractivity contribution in [1.29, 1.82) is 0 Å². The van der Waals surface area contributed by atoms with E-state index < -0.39 is 0 Å². The molecule has 2 heterocycles. The fraction of sp³-hybridized carbons (Fsp3) is 0.412. The molecule has 23 heavy (non-hydrogen) atoms. The van der Waals surface area contributed by atoms with E-state index in [0.717, 1.165) is 19.4 Å². The normalized spacial score (nSPS) is 18.8. The summed E-state index contributed by atoms with van der Waals surface area (Å²) in [5.74, 6) is -0.167. The van der Waals surface area contributed by atoms with Crippen LogP contribution in [0.5, 0.6) is 0 Å². The molecule has 1 aliphatic rings. The standard InChI is InChI=1S/C17H19FN2O3/c1-10(14-4-3-9-22-14)19-17(21)15-11(2)23-20-16(15)12-5-7-13(18)8-6-12/h5-8,10,14H,3-4,9H2,1-2H3,(H,19,21)/t10-,14-/m0/s1. The lowest BCUT2D eigenvalue weighted by atomic mass is 10.0. The first-order valence-electron chi connectivity index (χ1n) is 7.71. The molecule has 2 aromatic rings. The van der Waals surface area contributed by atoms with Gasteiger partial charge in [-0.2, -0.15) is 0 Å². The maximum Gasteiger partial charge on any atom is 0.257 e. The van der Waals surface area contributed by atoms with Crippen molar-refractivity contribution < 1.29 is 18.4 Å². The fourth-order valence-electron chi connectivity index (χ4n) is 2.81. The first-order chi connectivity index (χ1) is 11.1. The van der Waals surface area contributed by atoms with Gasteiger partial charge in [-0.25, -0.2) is 4.39 Å². The molecule has 0 saturated carbocycles. The number of ether oxygens (including phenoxy) is 1. The minimum Gasteiger partial charge on any atom is -0.376 e. The molecule has 0 bridgehead atoms. The van der Waals surface area contributed by atoms with Crippen molar-refractivity contribution in [2.24, 2.45) is 0 Å². The Hall–Kier alpha value is -2.21. The zero-order chi connectivity index (χ0) is 16.4. The van der Waals surface area contributed by atoms with Crippen molar-refractivity contribution in [1.82, 2.24) is 10.5 Å². The second-order valence-corrected chi connectivity index (χ2v) is 5.78. The molecule has 1 aromatic heterocycles. The molecule has 122 valence electrons. The Labute approximate surface area is 133 Å². The minimum atomic E-state index is -0.341. The molecular weight excluding hydrogens is 299 g/mol. The monoisotopic (exact) mass is 318 g/mol. The topological polar surface area (TPSA) is 64.4 Å². The number of carbonyl (C=O) groups is 1. The molecule has 1 fully saturated rings. The zero-order valence-electron chi connectivity index (χ0n) is 13.1. The van der Waals surface area contributed by atoms with Crippen LogP contribution in [0.1, 0.15) is 35.9 Å². The summed E-state index contributed by atoms with van der Waals surface area (Å²) in [5, 5.41) is 6.90. The third-order valence-electron chi connectivity index (χ3n) is 4.09. The summed E-state index contributed by atoms with van der Waals surface area (Å²) in [6.07, 6.45) is 1.99. The number of nitrogens with one attached hydrogen (secondary N) is 1. The van der Waals surface area contributed by atoms with Crippen LogP contribution < -0.4 is 5.32 Å². The largest absolute Gasteiger partial charge is 0.376 e. The molecule has 1 N–H and O–H groups in total. The third-order valence-corrected chi connectivity index (χ3v) is 4.09. The number of hydrogen-bond acceptors (Lipinski definition) is 4. The number of nitrogens with zero attached hydrogens (tertiary/aromatic N) is 1. The molecule has 1 amide bonds. The lowest BCUT2D eigenvalue weighted by Crippen LogP contribution is -2.41. The maximum atomic E-state index is 13.1. The van der Waals surface area contributed by atoms with E-state index in [1.54, 1.807) is 19.1 Å². The Balaban J connectivity index is 1.82. The Bertz CT molecular complexity index is 690. The third kappa shape index (κ3) is 3.27. The summed E-state index contributed by atoms with van der Waals surface area (Å²) in [5.41, 5.74) is 1.43. The summed E-state index contributed by atoms with van der Waals surface area (Å²) >= 11 is 0. The van der Waals surface area contributed by atoms with Gasteiger partial charge in [0, 0.05) is 12.2 Å². The van der Waals surface area contributed by atoms with Gasteiger partial charge in [-0.05, 0) is 51.0 Å². The van der Waals surface area contributed by atoms with E-state index in [0.29, 0.717) is 22.6 Å². The average molecular weight is 318 g/mol. The number of carbonyl (C=O) groups excluding carboxylic acids is 1. The summed E-state index contributed by atoms with van der Waals surface area (Å²) in [6, 6.07) is 5.71. The van der Waals surface area contributed by atoms with Gasteiger partial charge >= 0.3 is 0 Å². The summed E-state index contributed by atoms with van der Waals surface area (Å²) in [7, 11) is 0. The second kappa shape index (κ2) is 6.50. The molecular formula is C17H19FN2O3. The van der Waals surface area contributed by atoms with E-state index >= 15 is 0 Å². The predicted octanol–water partition coefficient (Wildman–Crippen LogP) is 3.09. The van der Waals surface area contributed by atoms with E-state index in [1.807, 2.05) is 6.92 Å². The van der Waals surface area contributed by atoms with E-state index in [2.05, 4.69) is 10.5 Å².